The van der Waals surface area contributed by atoms with Crippen molar-refractivity contribution < 1.29 is 22.4 Å². The van der Waals surface area contributed by atoms with E-state index >= 15 is 0 Å². The molecule has 0 atom stereocenters. The maximum Gasteiger partial charge on any atom is 0.471 e. The lowest BCUT2D eigenvalue weighted by molar-refractivity contribution is -0.174. The van der Waals surface area contributed by atoms with E-state index in [-0.39, 0.29) is 12.8 Å². The van der Waals surface area contributed by atoms with Crippen LogP contribution in [0.5, 0.6) is 0 Å². The highest BCUT2D eigenvalue weighted by atomic mass is 19.4. The van der Waals surface area contributed by atoms with Gasteiger partial charge in [0.1, 0.15) is 5.67 Å². The summed E-state index contributed by atoms with van der Waals surface area (Å²) in [5.41, 5.74) is -1.72. The highest BCUT2D eigenvalue weighted by Crippen LogP contribution is 2.23. The number of halogens is 4. The number of hydrogen-bond donors (Lipinski definition) is 2. The summed E-state index contributed by atoms with van der Waals surface area (Å²) in [6.07, 6.45) is -4.71. The van der Waals surface area contributed by atoms with Gasteiger partial charge in [-0.25, -0.2) is 4.39 Å². The third-order valence-electron chi connectivity index (χ3n) is 2.32. The lowest BCUT2D eigenvalue weighted by atomic mass is 9.94. The molecule has 1 fully saturated rings. The van der Waals surface area contributed by atoms with Crippen LogP contribution in [0.3, 0.4) is 0 Å². The van der Waals surface area contributed by atoms with Crippen LogP contribution in [-0.2, 0) is 4.79 Å². The molecular formula is C8H12F4N2O. The molecule has 1 aliphatic heterocycles. The van der Waals surface area contributed by atoms with Crippen LogP contribution >= 0.6 is 0 Å². The minimum absolute atomic E-state index is 0.116. The Morgan fingerprint density at radius 1 is 1.33 bits per heavy atom. The van der Waals surface area contributed by atoms with Crippen molar-refractivity contribution in [2.75, 3.05) is 19.6 Å². The fourth-order valence-electron chi connectivity index (χ4n) is 1.39. The molecule has 1 aliphatic rings. The maximum atomic E-state index is 13.7. The number of alkyl halides is 4. The van der Waals surface area contributed by atoms with Gasteiger partial charge in [0.2, 0.25) is 0 Å². The second-order valence-electron chi connectivity index (χ2n) is 3.58. The number of carbonyl (C=O) groups excluding carboxylic acids is 1. The van der Waals surface area contributed by atoms with E-state index in [0.717, 1.165) is 0 Å². The summed E-state index contributed by atoms with van der Waals surface area (Å²) in [4.78, 5) is 10.4. The van der Waals surface area contributed by atoms with E-state index in [1.807, 2.05) is 0 Å². The summed E-state index contributed by atoms with van der Waals surface area (Å²) >= 11 is 0. The molecule has 1 heterocycles. The van der Waals surface area contributed by atoms with Gasteiger partial charge >= 0.3 is 12.1 Å². The van der Waals surface area contributed by atoms with Crippen LogP contribution in [0.1, 0.15) is 12.8 Å². The number of piperidine rings is 1. The molecule has 88 valence electrons. The van der Waals surface area contributed by atoms with Gasteiger partial charge in [-0.3, -0.25) is 4.79 Å². The average Bonchev–Trinajstić information content (AvgIpc) is 2.14. The molecular weight excluding hydrogens is 216 g/mol. The van der Waals surface area contributed by atoms with E-state index in [1.165, 1.54) is 0 Å². The SMILES string of the molecule is O=C(NCC1(F)CCNCC1)C(F)(F)F. The standard InChI is InChI=1S/C8H12F4N2O/c9-7(1-3-13-4-2-7)5-14-6(15)8(10,11)12/h13H,1-5H2,(H,14,15). The maximum absolute atomic E-state index is 13.7. The fourth-order valence-corrected chi connectivity index (χ4v) is 1.39. The van der Waals surface area contributed by atoms with Crippen LogP contribution in [-0.4, -0.2) is 37.4 Å². The zero-order chi connectivity index (χ0) is 11.5. The third kappa shape index (κ3) is 3.65. The van der Waals surface area contributed by atoms with Crippen LogP contribution in [0.4, 0.5) is 17.6 Å². The van der Waals surface area contributed by atoms with Crippen molar-refractivity contribution in [2.45, 2.75) is 24.7 Å². The summed E-state index contributed by atoms with van der Waals surface area (Å²) in [5, 5.41) is 4.45. The van der Waals surface area contributed by atoms with E-state index in [9.17, 15) is 22.4 Å². The first-order chi connectivity index (χ1) is 6.83. The summed E-state index contributed by atoms with van der Waals surface area (Å²) in [6, 6.07) is 0. The Labute approximate surface area is 84.2 Å². The molecule has 3 nitrogen and oxygen atoms in total. The van der Waals surface area contributed by atoms with Crippen LogP contribution < -0.4 is 10.6 Å². The zero-order valence-corrected chi connectivity index (χ0v) is 7.96. The Balaban J connectivity index is 2.38. The number of amides is 1. The van der Waals surface area contributed by atoms with E-state index in [4.69, 9.17) is 0 Å². The van der Waals surface area contributed by atoms with E-state index in [1.54, 1.807) is 5.32 Å². The average molecular weight is 228 g/mol. The van der Waals surface area contributed by atoms with Crippen molar-refractivity contribution in [3.05, 3.63) is 0 Å². The van der Waals surface area contributed by atoms with Crippen LogP contribution in [0, 0.1) is 0 Å². The van der Waals surface area contributed by atoms with Crippen molar-refractivity contribution >= 4 is 5.91 Å². The lowest BCUT2D eigenvalue weighted by Crippen LogP contribution is -2.49. The van der Waals surface area contributed by atoms with Gasteiger partial charge in [-0.2, -0.15) is 13.2 Å². The molecule has 15 heavy (non-hydrogen) atoms. The molecule has 0 spiro atoms. The van der Waals surface area contributed by atoms with Crippen molar-refractivity contribution in [2.24, 2.45) is 0 Å². The Bertz CT molecular complexity index is 235. The van der Waals surface area contributed by atoms with Gasteiger partial charge in [-0.15, -0.1) is 0 Å². The monoisotopic (exact) mass is 228 g/mol. The van der Waals surface area contributed by atoms with E-state index in [2.05, 4.69) is 5.32 Å². The van der Waals surface area contributed by atoms with Crippen LogP contribution in [0.15, 0.2) is 0 Å². The highest BCUT2D eigenvalue weighted by molar-refractivity contribution is 5.81. The van der Waals surface area contributed by atoms with Crippen LogP contribution in [0.2, 0.25) is 0 Å². The van der Waals surface area contributed by atoms with Crippen molar-refractivity contribution in [1.82, 2.24) is 10.6 Å². The second-order valence-corrected chi connectivity index (χ2v) is 3.58. The summed E-state index contributed by atoms with van der Waals surface area (Å²) < 4.78 is 49.0. The van der Waals surface area contributed by atoms with Crippen LogP contribution in [0.25, 0.3) is 0 Å². The molecule has 1 saturated heterocycles. The van der Waals surface area contributed by atoms with Gasteiger partial charge in [0, 0.05) is 0 Å². The molecule has 0 aromatic rings. The molecule has 7 heteroatoms. The Morgan fingerprint density at radius 2 is 1.87 bits per heavy atom. The Morgan fingerprint density at radius 3 is 2.33 bits per heavy atom. The largest absolute Gasteiger partial charge is 0.471 e. The Kier molecular flexibility index (Phi) is 3.54. The predicted octanol–water partition coefficient (Wildman–Crippen LogP) is 0.757. The zero-order valence-electron chi connectivity index (χ0n) is 7.96. The molecule has 0 bridgehead atoms. The first kappa shape index (κ1) is 12.2. The van der Waals surface area contributed by atoms with Gasteiger partial charge in [0.15, 0.2) is 0 Å². The second kappa shape index (κ2) is 4.34. The summed E-state index contributed by atoms with van der Waals surface area (Å²) in [5.74, 6) is -2.09. The van der Waals surface area contributed by atoms with Gasteiger partial charge in [0.25, 0.3) is 0 Å². The van der Waals surface area contributed by atoms with Crippen molar-refractivity contribution in [3.8, 4) is 0 Å². The van der Waals surface area contributed by atoms with Gasteiger partial charge in [0.05, 0.1) is 6.54 Å². The molecule has 1 rings (SSSR count). The number of carbonyl (C=O) groups is 1. The van der Waals surface area contributed by atoms with Gasteiger partial charge in [-0.05, 0) is 25.9 Å². The molecule has 0 aromatic heterocycles. The summed E-state index contributed by atoms with van der Waals surface area (Å²) in [7, 11) is 0. The van der Waals surface area contributed by atoms with Gasteiger partial charge in [-0.1, -0.05) is 0 Å². The molecule has 0 radical (unpaired) electrons. The third-order valence-corrected chi connectivity index (χ3v) is 2.32. The molecule has 0 unspecified atom stereocenters. The Hall–Kier alpha value is -0.850. The minimum atomic E-state index is -4.94. The number of nitrogens with one attached hydrogen (secondary N) is 2. The molecule has 0 aliphatic carbocycles. The first-order valence-corrected chi connectivity index (χ1v) is 4.58. The molecule has 0 saturated carbocycles. The quantitative estimate of drug-likeness (QED) is 0.685. The summed E-state index contributed by atoms with van der Waals surface area (Å²) in [6.45, 7) is 0.254. The smallest absolute Gasteiger partial charge is 0.345 e. The molecule has 1 amide bonds. The minimum Gasteiger partial charge on any atom is -0.345 e. The highest BCUT2D eigenvalue weighted by Gasteiger charge is 2.40. The van der Waals surface area contributed by atoms with Crippen molar-refractivity contribution in [3.63, 3.8) is 0 Å². The van der Waals surface area contributed by atoms with Gasteiger partial charge < -0.3 is 10.6 Å². The first-order valence-electron chi connectivity index (χ1n) is 4.58. The van der Waals surface area contributed by atoms with Crippen molar-refractivity contribution in [1.29, 1.82) is 0 Å². The topological polar surface area (TPSA) is 41.1 Å². The molecule has 2 N–H and O–H groups in total. The lowest BCUT2D eigenvalue weighted by Gasteiger charge is -2.30. The number of hydrogen-bond acceptors (Lipinski definition) is 2. The fraction of sp³-hybridized carbons (Fsp3) is 0.875. The number of rotatable bonds is 2. The van der Waals surface area contributed by atoms with E-state index in [0.29, 0.717) is 13.1 Å². The molecule has 0 aromatic carbocycles. The predicted molar refractivity (Wildman–Crippen MR) is 45.0 cm³/mol. The van der Waals surface area contributed by atoms with E-state index < -0.39 is 24.3 Å². The normalized spacial score (nSPS) is 21.1.